The first-order valence-electron chi connectivity index (χ1n) is 4.76. The summed E-state index contributed by atoms with van der Waals surface area (Å²) in [7, 11) is 0. The van der Waals surface area contributed by atoms with Crippen molar-refractivity contribution in [3.8, 4) is 0 Å². The molecule has 4 heteroatoms. The van der Waals surface area contributed by atoms with Crippen LogP contribution in [-0.2, 0) is 0 Å². The van der Waals surface area contributed by atoms with Gasteiger partial charge in [-0.3, -0.25) is 0 Å². The van der Waals surface area contributed by atoms with Crippen molar-refractivity contribution in [1.29, 1.82) is 0 Å². The van der Waals surface area contributed by atoms with E-state index in [4.69, 9.17) is 0 Å². The predicted molar refractivity (Wildman–Crippen MR) is 82.4 cm³/mol. The van der Waals surface area contributed by atoms with Crippen molar-refractivity contribution < 1.29 is 0 Å². The van der Waals surface area contributed by atoms with E-state index in [1.54, 1.807) is 22.7 Å². The molecule has 0 N–H and O–H groups in total. The molecule has 2 rings (SSSR count). The van der Waals surface area contributed by atoms with Crippen LogP contribution in [0, 0.1) is 13.8 Å². The van der Waals surface area contributed by atoms with Crippen LogP contribution in [0.25, 0.3) is 12.2 Å². The maximum Gasteiger partial charge on any atom is 0.0733 e. The summed E-state index contributed by atoms with van der Waals surface area (Å²) in [5.74, 6) is 0. The highest BCUT2D eigenvalue weighted by molar-refractivity contribution is 9.11. The molecule has 0 spiro atoms. The van der Waals surface area contributed by atoms with Crippen LogP contribution in [0.2, 0.25) is 0 Å². The quantitative estimate of drug-likeness (QED) is 0.591. The van der Waals surface area contributed by atoms with Crippen molar-refractivity contribution in [2.45, 2.75) is 13.8 Å². The number of hydrogen-bond acceptors (Lipinski definition) is 2. The molecule has 0 aromatic carbocycles. The monoisotopic (exact) mass is 376 g/mol. The maximum atomic E-state index is 3.54. The summed E-state index contributed by atoms with van der Waals surface area (Å²) in [5.41, 5.74) is 2.60. The molecule has 0 nitrogen and oxygen atoms in total. The summed E-state index contributed by atoms with van der Waals surface area (Å²) >= 11 is 10.6. The van der Waals surface area contributed by atoms with E-state index in [0.29, 0.717) is 0 Å². The zero-order valence-corrected chi connectivity index (χ0v) is 13.7. The van der Waals surface area contributed by atoms with E-state index in [1.807, 2.05) is 0 Å². The molecule has 0 fully saturated rings. The smallest absolute Gasteiger partial charge is 0.0733 e. The van der Waals surface area contributed by atoms with Gasteiger partial charge in [0.25, 0.3) is 0 Å². The van der Waals surface area contributed by atoms with Crippen LogP contribution in [0.3, 0.4) is 0 Å². The van der Waals surface area contributed by atoms with Crippen molar-refractivity contribution in [2.24, 2.45) is 0 Å². The van der Waals surface area contributed by atoms with E-state index in [2.05, 4.69) is 70.0 Å². The minimum absolute atomic E-state index is 1.22. The van der Waals surface area contributed by atoms with Crippen LogP contribution in [0.4, 0.5) is 0 Å². The van der Waals surface area contributed by atoms with Crippen LogP contribution in [0.1, 0.15) is 20.9 Å². The van der Waals surface area contributed by atoms with E-state index in [-0.39, 0.29) is 0 Å². The molecule has 0 aliphatic heterocycles. The Balaban J connectivity index is 2.20. The third kappa shape index (κ3) is 2.86. The summed E-state index contributed by atoms with van der Waals surface area (Å²) in [6, 6.07) is 4.39. The lowest BCUT2D eigenvalue weighted by molar-refractivity contribution is 1.52. The molecule has 0 saturated carbocycles. The highest BCUT2D eigenvalue weighted by atomic mass is 79.9. The largest absolute Gasteiger partial charge is 0.129 e. The maximum absolute atomic E-state index is 3.54. The van der Waals surface area contributed by atoms with Gasteiger partial charge < -0.3 is 0 Å². The van der Waals surface area contributed by atoms with Crippen molar-refractivity contribution in [3.63, 3.8) is 0 Å². The van der Waals surface area contributed by atoms with E-state index in [1.165, 1.54) is 28.5 Å². The fourth-order valence-electron chi connectivity index (χ4n) is 1.30. The Bertz CT molecular complexity index is 448. The first kappa shape index (κ1) is 12.6. The molecule has 84 valence electrons. The molecule has 0 radical (unpaired) electrons. The average Bonchev–Trinajstić information content (AvgIpc) is 2.70. The van der Waals surface area contributed by atoms with Crippen LogP contribution in [-0.4, -0.2) is 0 Å². The van der Waals surface area contributed by atoms with Crippen molar-refractivity contribution in [2.75, 3.05) is 0 Å². The number of thiophene rings is 2. The normalized spacial score (nSPS) is 11.5. The van der Waals surface area contributed by atoms with Gasteiger partial charge in [-0.1, -0.05) is 0 Å². The van der Waals surface area contributed by atoms with Gasteiger partial charge in [0.15, 0.2) is 0 Å². The van der Waals surface area contributed by atoms with Crippen molar-refractivity contribution in [1.82, 2.24) is 0 Å². The van der Waals surface area contributed by atoms with Gasteiger partial charge in [-0.05, 0) is 81.1 Å². The van der Waals surface area contributed by atoms with Gasteiger partial charge >= 0.3 is 0 Å². The molecule has 0 aliphatic carbocycles. The zero-order chi connectivity index (χ0) is 11.7. The molecule has 0 bridgehead atoms. The van der Waals surface area contributed by atoms with Gasteiger partial charge in [0.2, 0.25) is 0 Å². The SMILES string of the molecule is Cc1cc(/C=C/c2cc(C)c(Br)s2)sc1Br. The molecule has 2 heterocycles. The topological polar surface area (TPSA) is 0 Å². The number of aryl methyl sites for hydroxylation is 2. The first-order valence-corrected chi connectivity index (χ1v) is 7.98. The molecule has 0 saturated heterocycles. The molecule has 16 heavy (non-hydrogen) atoms. The van der Waals surface area contributed by atoms with Gasteiger partial charge in [0.05, 0.1) is 7.57 Å². The Morgan fingerprint density at radius 1 is 0.875 bits per heavy atom. The minimum Gasteiger partial charge on any atom is -0.129 e. The van der Waals surface area contributed by atoms with Crippen LogP contribution >= 0.6 is 54.5 Å². The lowest BCUT2D eigenvalue weighted by atomic mass is 10.3. The number of rotatable bonds is 2. The van der Waals surface area contributed by atoms with Gasteiger partial charge in [-0.15, -0.1) is 22.7 Å². The molecule has 2 aromatic heterocycles. The molecular formula is C12H10Br2S2. The Kier molecular flexibility index (Phi) is 4.06. The highest BCUT2D eigenvalue weighted by Crippen LogP contribution is 2.31. The summed E-state index contributed by atoms with van der Waals surface area (Å²) in [4.78, 5) is 2.57. The van der Waals surface area contributed by atoms with Crippen molar-refractivity contribution >= 4 is 66.7 Å². The molecule has 0 aliphatic rings. The fraction of sp³-hybridized carbons (Fsp3) is 0.167. The number of halogens is 2. The van der Waals surface area contributed by atoms with Gasteiger partial charge in [0.1, 0.15) is 0 Å². The molecule has 0 amide bonds. The van der Waals surface area contributed by atoms with Crippen molar-refractivity contribution in [3.05, 3.63) is 40.6 Å². The van der Waals surface area contributed by atoms with E-state index in [9.17, 15) is 0 Å². The molecule has 2 aromatic rings. The fourth-order valence-corrected chi connectivity index (χ4v) is 4.24. The lowest BCUT2D eigenvalue weighted by Gasteiger charge is -1.83. The Labute approximate surface area is 120 Å². The minimum atomic E-state index is 1.22. The predicted octanol–water partition coefficient (Wildman–Crippen LogP) is 6.12. The summed E-state index contributed by atoms with van der Waals surface area (Å²) in [5, 5.41) is 0. The van der Waals surface area contributed by atoms with Crippen LogP contribution in [0.15, 0.2) is 19.7 Å². The van der Waals surface area contributed by atoms with Gasteiger partial charge in [-0.25, -0.2) is 0 Å². The van der Waals surface area contributed by atoms with Crippen LogP contribution in [0.5, 0.6) is 0 Å². The van der Waals surface area contributed by atoms with Gasteiger partial charge in [-0.2, -0.15) is 0 Å². The van der Waals surface area contributed by atoms with E-state index >= 15 is 0 Å². The Hall–Kier alpha value is 0.100. The summed E-state index contributed by atoms with van der Waals surface area (Å²) < 4.78 is 2.44. The van der Waals surface area contributed by atoms with E-state index < -0.39 is 0 Å². The number of hydrogen-bond donors (Lipinski definition) is 0. The molecule has 0 unspecified atom stereocenters. The van der Waals surface area contributed by atoms with Crippen LogP contribution < -0.4 is 0 Å². The Morgan fingerprint density at radius 2 is 1.25 bits per heavy atom. The molecule has 0 atom stereocenters. The highest BCUT2D eigenvalue weighted by Gasteiger charge is 2.01. The standard InChI is InChI=1S/C12H10Br2S2/c1-7-5-9(15-11(7)13)3-4-10-6-8(2)12(14)16-10/h3-6H,1-2H3/b4-3+. The third-order valence-corrected chi connectivity index (χ3v) is 6.37. The first-order chi connectivity index (χ1) is 7.56. The Morgan fingerprint density at radius 3 is 1.50 bits per heavy atom. The van der Waals surface area contributed by atoms with Gasteiger partial charge in [0, 0.05) is 9.75 Å². The lowest BCUT2D eigenvalue weighted by Crippen LogP contribution is -1.61. The second-order valence-corrected chi connectivity index (χ2v) is 8.35. The second kappa shape index (κ2) is 5.17. The zero-order valence-electron chi connectivity index (χ0n) is 8.88. The molecular weight excluding hydrogens is 368 g/mol. The summed E-state index contributed by atoms with van der Waals surface area (Å²) in [6.45, 7) is 4.23. The average molecular weight is 378 g/mol. The van der Waals surface area contributed by atoms with E-state index in [0.717, 1.165) is 0 Å². The summed E-state index contributed by atoms with van der Waals surface area (Å²) in [6.07, 6.45) is 4.33. The second-order valence-electron chi connectivity index (χ2n) is 3.54. The third-order valence-electron chi connectivity index (χ3n) is 2.16.